The Kier molecular flexibility index (Phi) is 18.8. The quantitative estimate of drug-likeness (QED) is 0.399. The first-order chi connectivity index (χ1) is 6.43. The fraction of sp³-hybridized carbons (Fsp3) is 0.571. The molecule has 1 radical (unpaired) electrons. The van der Waals surface area contributed by atoms with E-state index in [0.29, 0.717) is 0 Å². The van der Waals surface area contributed by atoms with Crippen LogP contribution < -0.4 is 22.5 Å². The van der Waals surface area contributed by atoms with Crippen LogP contribution in [0.4, 0.5) is 0 Å². The first kappa shape index (κ1) is 24.9. The van der Waals surface area contributed by atoms with Crippen LogP contribution >= 0.6 is 0 Å². The number of carboxylic acids is 1. The molecule has 0 bridgehead atoms. The number of aliphatic carboxylic acids is 1. The standard InChI is InChI=1S/C7H12N3O4.Co.2H3N/c1-4(8)7(14)10-2-5(11)9-3-6(12)13;;;/h4,8H,2-3H2,1H3,(H,9,11)(H,10,14)(H,12,13);;2*1H3/q-1;;;/p-2. The van der Waals surface area contributed by atoms with Gasteiger partial charge in [-0.05, 0) is 5.90 Å². The molecule has 0 aliphatic carbocycles. The van der Waals surface area contributed by atoms with E-state index >= 15 is 0 Å². The summed E-state index contributed by atoms with van der Waals surface area (Å²) in [5.74, 6) is -2.72. The Bertz CT molecular complexity index is 269. The molecule has 17 heavy (non-hydrogen) atoms. The maximum absolute atomic E-state index is 10.7. The zero-order valence-electron chi connectivity index (χ0n) is 9.31. The predicted molar refractivity (Wildman–Crippen MR) is 56.1 cm³/mol. The van der Waals surface area contributed by atoms with Gasteiger partial charge in [-0.25, -0.2) is 0 Å². The van der Waals surface area contributed by atoms with Gasteiger partial charge in [0.15, 0.2) is 0 Å². The largest absolute Gasteiger partial charge is 0.863 e. The smallest absolute Gasteiger partial charge is 0.325 e. The summed E-state index contributed by atoms with van der Waals surface area (Å²) in [6.07, 6.45) is 0. The second-order valence-corrected chi connectivity index (χ2v) is 2.48. The molecule has 105 valence electrons. The third-order valence-corrected chi connectivity index (χ3v) is 1.13. The Morgan fingerprint density at radius 3 is 2.12 bits per heavy atom. The Morgan fingerprint density at radius 1 is 1.29 bits per heavy atom. The molecule has 0 aliphatic rings. The van der Waals surface area contributed by atoms with Gasteiger partial charge in [-0.2, -0.15) is 0 Å². The number of aliphatic imine (C=N–C) groups is 2. The first-order valence-electron chi connectivity index (χ1n) is 3.78. The van der Waals surface area contributed by atoms with E-state index in [9.17, 15) is 15.0 Å². The molecule has 8 N–H and O–H groups in total. The van der Waals surface area contributed by atoms with Crippen molar-refractivity contribution in [3.8, 4) is 0 Å². The minimum Gasteiger partial charge on any atom is -0.863 e. The molecule has 0 aromatic carbocycles. The van der Waals surface area contributed by atoms with Crippen LogP contribution in [-0.4, -0.2) is 42.0 Å². The van der Waals surface area contributed by atoms with E-state index in [2.05, 4.69) is 9.98 Å². The third-order valence-electron chi connectivity index (χ3n) is 1.13. The zero-order valence-corrected chi connectivity index (χ0v) is 10.3. The van der Waals surface area contributed by atoms with Crippen LogP contribution in [0.3, 0.4) is 0 Å². The predicted octanol–water partition coefficient (Wildman–Crippen LogP) is -1.65. The number of hydrogen-bond donors (Lipinski definition) is 3. The number of carboxylic acid groups (broad SMARTS) is 1. The van der Waals surface area contributed by atoms with E-state index in [1.165, 1.54) is 6.92 Å². The summed E-state index contributed by atoms with van der Waals surface area (Å²) in [5, 5.41) is 29.6. The fourth-order valence-corrected chi connectivity index (χ4v) is 0.488. The summed E-state index contributed by atoms with van der Waals surface area (Å²) in [6.45, 7) is 0.207. The van der Waals surface area contributed by atoms with Gasteiger partial charge in [-0.15, -0.1) is 6.04 Å². The van der Waals surface area contributed by atoms with E-state index in [1.54, 1.807) is 0 Å². The molecule has 0 rings (SSSR count). The molecular weight excluding hydrogens is 277 g/mol. The van der Waals surface area contributed by atoms with Crippen molar-refractivity contribution in [2.45, 2.75) is 13.0 Å². The molecule has 1 unspecified atom stereocenters. The van der Waals surface area contributed by atoms with Crippen LogP contribution in [0.5, 0.6) is 0 Å². The Labute approximate surface area is 109 Å². The topological polar surface area (TPSA) is 202 Å². The van der Waals surface area contributed by atoms with Crippen LogP contribution in [0.25, 0.3) is 5.73 Å². The van der Waals surface area contributed by atoms with Gasteiger partial charge < -0.3 is 38.3 Å². The summed E-state index contributed by atoms with van der Waals surface area (Å²) in [7, 11) is 0. The number of carbonyl (C=O) groups is 1. The molecule has 10 heteroatoms. The molecule has 0 spiro atoms. The van der Waals surface area contributed by atoms with Crippen molar-refractivity contribution >= 4 is 17.8 Å². The Morgan fingerprint density at radius 2 is 1.76 bits per heavy atom. The minimum absolute atomic E-state index is 0. The molecule has 0 saturated carbocycles. The normalized spacial score (nSPS) is 12.6. The molecule has 0 amide bonds. The van der Waals surface area contributed by atoms with Crippen molar-refractivity contribution < 1.29 is 36.9 Å². The monoisotopic (exact) mass is 293 g/mol. The van der Waals surface area contributed by atoms with Gasteiger partial charge in [0.2, 0.25) is 0 Å². The second kappa shape index (κ2) is 12.9. The van der Waals surface area contributed by atoms with E-state index in [-0.39, 0.29) is 29.1 Å². The van der Waals surface area contributed by atoms with Crippen molar-refractivity contribution in [1.29, 1.82) is 0 Å². The second-order valence-electron chi connectivity index (χ2n) is 2.48. The average Bonchev–Trinajstić information content (AvgIpc) is 2.10. The number of rotatable bonds is 5. The van der Waals surface area contributed by atoms with Gasteiger partial charge in [0.05, 0.1) is 6.54 Å². The van der Waals surface area contributed by atoms with Crippen molar-refractivity contribution in [2.75, 3.05) is 13.1 Å². The molecule has 0 fully saturated rings. The fourth-order valence-electron chi connectivity index (χ4n) is 0.488. The third kappa shape index (κ3) is 14.8. The van der Waals surface area contributed by atoms with Gasteiger partial charge >= 0.3 is 5.97 Å². The maximum Gasteiger partial charge on any atom is 0.325 e. The van der Waals surface area contributed by atoms with E-state index < -0.39 is 36.9 Å². The Balaban J connectivity index is -0.000000282. The average molecular weight is 293 g/mol. The van der Waals surface area contributed by atoms with E-state index in [0.717, 1.165) is 0 Å². The summed E-state index contributed by atoms with van der Waals surface area (Å²) < 4.78 is 0. The number of hydrogen-bond acceptors (Lipinski definition) is 7. The summed E-state index contributed by atoms with van der Waals surface area (Å²) in [4.78, 5) is 16.3. The van der Waals surface area contributed by atoms with Crippen molar-refractivity contribution in [3.63, 3.8) is 0 Å². The Hall–Kier alpha value is -1.20. The van der Waals surface area contributed by atoms with Gasteiger partial charge in [0.1, 0.15) is 6.54 Å². The molecule has 0 heterocycles. The van der Waals surface area contributed by atoms with Crippen LogP contribution in [-0.2, 0) is 21.6 Å². The van der Waals surface area contributed by atoms with Crippen molar-refractivity contribution in [3.05, 3.63) is 5.73 Å². The molecule has 0 aromatic rings. The minimum atomic E-state index is -1.22. The van der Waals surface area contributed by atoms with Gasteiger partial charge in [0.25, 0.3) is 0 Å². The molecule has 0 saturated heterocycles. The maximum atomic E-state index is 10.7. The van der Waals surface area contributed by atoms with Crippen LogP contribution in [0, 0.1) is 0 Å². The van der Waals surface area contributed by atoms with Crippen molar-refractivity contribution in [1.82, 2.24) is 12.3 Å². The molecule has 1 atom stereocenters. The summed E-state index contributed by atoms with van der Waals surface area (Å²) in [5.41, 5.74) is 6.92. The zero-order chi connectivity index (χ0) is 11.1. The number of nitrogens with zero attached hydrogens (tertiary/aromatic N) is 2. The van der Waals surface area contributed by atoms with Crippen LogP contribution in [0.15, 0.2) is 9.98 Å². The van der Waals surface area contributed by atoms with Gasteiger partial charge in [0, 0.05) is 16.8 Å². The van der Waals surface area contributed by atoms with Gasteiger partial charge in [-0.3, -0.25) is 9.79 Å². The van der Waals surface area contributed by atoms with E-state index in [1.807, 2.05) is 0 Å². The first-order valence-corrected chi connectivity index (χ1v) is 3.78. The van der Waals surface area contributed by atoms with Crippen molar-refractivity contribution in [2.24, 2.45) is 9.98 Å². The molecule has 0 aromatic heterocycles. The SMILES string of the molecule is CC([NH-])C([O-])=NCC([O-])=NCC(=O)O.N.N.[Co]. The number of nitrogens with one attached hydrogen (secondary N) is 1. The summed E-state index contributed by atoms with van der Waals surface area (Å²) >= 11 is 0. The van der Waals surface area contributed by atoms with Crippen LogP contribution in [0.2, 0.25) is 0 Å². The van der Waals surface area contributed by atoms with Gasteiger partial charge in [-0.1, -0.05) is 12.8 Å². The molecule has 9 nitrogen and oxygen atoms in total. The van der Waals surface area contributed by atoms with Crippen LogP contribution in [0.1, 0.15) is 6.92 Å². The van der Waals surface area contributed by atoms with E-state index in [4.69, 9.17) is 10.8 Å². The summed E-state index contributed by atoms with van der Waals surface area (Å²) in [6, 6.07) is -1.01. The molecular formula is C7H16CoN5O4-3. The molecule has 0 aliphatic heterocycles.